The second kappa shape index (κ2) is 11.1. The van der Waals surface area contributed by atoms with E-state index in [1.165, 1.54) is 11.0 Å². The first-order valence-corrected chi connectivity index (χ1v) is 12.3. The van der Waals surface area contributed by atoms with E-state index in [0.717, 1.165) is 36.9 Å². The van der Waals surface area contributed by atoms with Crippen molar-refractivity contribution in [2.75, 3.05) is 28.6 Å². The number of benzene rings is 2. The van der Waals surface area contributed by atoms with Gasteiger partial charge in [0.1, 0.15) is 11.5 Å². The molecule has 3 aromatic rings. The maximum Gasteiger partial charge on any atom is 0.330 e. The van der Waals surface area contributed by atoms with Crippen LogP contribution in [0.1, 0.15) is 44.6 Å². The lowest BCUT2D eigenvalue weighted by molar-refractivity contribution is -0.118. The highest BCUT2D eigenvalue weighted by Crippen LogP contribution is 2.28. The molecule has 35 heavy (non-hydrogen) atoms. The van der Waals surface area contributed by atoms with Crippen molar-refractivity contribution in [2.45, 2.75) is 51.6 Å². The molecule has 2 aromatic carbocycles. The minimum atomic E-state index is -0.588. The fourth-order valence-corrected chi connectivity index (χ4v) is 4.88. The topological polar surface area (TPSA) is 104 Å². The van der Waals surface area contributed by atoms with Crippen LogP contribution >= 0.6 is 0 Å². The van der Waals surface area contributed by atoms with Gasteiger partial charge in [-0.2, -0.15) is 0 Å². The molecule has 1 aromatic heterocycles. The zero-order chi connectivity index (χ0) is 24.8. The van der Waals surface area contributed by atoms with Gasteiger partial charge in [-0.15, -0.1) is 0 Å². The number of anilines is 3. The standard InChI is InChI=1S/C27H33N5O3/c1-2-30(19-23(33)32(21-14-8-4-9-15-21)22-16-10-5-11-17-22)24-25(28)31(27(35)29-26(24)34)18-20-12-6-3-7-13-20/h3-4,6-9,12-15,22H,2,5,10-11,16-19,28H2,1H3,(H,29,34,35). The van der Waals surface area contributed by atoms with Crippen LogP contribution in [0.3, 0.4) is 0 Å². The van der Waals surface area contributed by atoms with E-state index in [-0.39, 0.29) is 36.5 Å². The van der Waals surface area contributed by atoms with Gasteiger partial charge in [0, 0.05) is 18.3 Å². The van der Waals surface area contributed by atoms with E-state index in [9.17, 15) is 14.4 Å². The highest BCUT2D eigenvalue weighted by atomic mass is 16.2. The molecule has 1 heterocycles. The Balaban J connectivity index is 1.66. The number of likely N-dealkylation sites (N-methyl/N-ethyl adjacent to an activating group) is 1. The highest BCUT2D eigenvalue weighted by molar-refractivity contribution is 5.97. The number of hydrogen-bond acceptors (Lipinski definition) is 5. The lowest BCUT2D eigenvalue weighted by atomic mass is 9.93. The average Bonchev–Trinajstić information content (AvgIpc) is 2.88. The molecule has 184 valence electrons. The number of H-pyrrole nitrogens is 1. The Hall–Kier alpha value is -3.81. The Morgan fingerprint density at radius 3 is 2.26 bits per heavy atom. The van der Waals surface area contributed by atoms with E-state index in [2.05, 4.69) is 4.98 Å². The first-order valence-electron chi connectivity index (χ1n) is 12.3. The van der Waals surface area contributed by atoms with Gasteiger partial charge in [0.2, 0.25) is 5.91 Å². The molecule has 0 aliphatic heterocycles. The summed E-state index contributed by atoms with van der Waals surface area (Å²) in [5.41, 5.74) is 7.11. The molecule has 0 atom stereocenters. The van der Waals surface area contributed by atoms with Gasteiger partial charge in [0.15, 0.2) is 0 Å². The number of hydrogen-bond donors (Lipinski definition) is 2. The number of aromatic nitrogens is 2. The second-order valence-corrected chi connectivity index (χ2v) is 8.97. The molecule has 0 radical (unpaired) electrons. The van der Waals surface area contributed by atoms with Crippen molar-refractivity contribution in [3.63, 3.8) is 0 Å². The van der Waals surface area contributed by atoms with Crippen molar-refractivity contribution >= 4 is 23.1 Å². The monoisotopic (exact) mass is 475 g/mol. The predicted molar refractivity (Wildman–Crippen MR) is 140 cm³/mol. The molecule has 1 amide bonds. The van der Waals surface area contributed by atoms with Crippen LogP contribution in [0.15, 0.2) is 70.3 Å². The molecule has 1 aliphatic rings. The molecule has 1 fully saturated rings. The fourth-order valence-electron chi connectivity index (χ4n) is 4.88. The molecular weight excluding hydrogens is 442 g/mol. The van der Waals surface area contributed by atoms with Gasteiger partial charge in [-0.3, -0.25) is 19.1 Å². The van der Waals surface area contributed by atoms with Gasteiger partial charge < -0.3 is 15.5 Å². The lowest BCUT2D eigenvalue weighted by Gasteiger charge is -2.36. The Morgan fingerprint density at radius 2 is 1.63 bits per heavy atom. The molecule has 0 spiro atoms. The van der Waals surface area contributed by atoms with Gasteiger partial charge in [-0.05, 0) is 37.5 Å². The Kier molecular flexibility index (Phi) is 7.70. The van der Waals surface area contributed by atoms with Crippen LogP contribution in [0.2, 0.25) is 0 Å². The number of nitrogens with two attached hydrogens (primary N) is 1. The van der Waals surface area contributed by atoms with Crippen LogP contribution in [0.25, 0.3) is 0 Å². The number of carbonyl (C=O) groups is 1. The lowest BCUT2D eigenvalue weighted by Crippen LogP contribution is -2.48. The van der Waals surface area contributed by atoms with Gasteiger partial charge >= 0.3 is 5.69 Å². The molecule has 4 rings (SSSR count). The van der Waals surface area contributed by atoms with E-state index in [1.807, 2.05) is 72.5 Å². The normalized spacial score (nSPS) is 14.0. The zero-order valence-corrected chi connectivity index (χ0v) is 20.2. The number of amides is 1. The van der Waals surface area contributed by atoms with E-state index in [0.29, 0.717) is 6.54 Å². The number of nitrogen functional groups attached to an aromatic ring is 1. The van der Waals surface area contributed by atoms with Gasteiger partial charge in [-0.25, -0.2) is 4.79 Å². The third-order valence-corrected chi connectivity index (χ3v) is 6.66. The minimum absolute atomic E-state index is 0.0152. The Morgan fingerprint density at radius 1 is 1.00 bits per heavy atom. The van der Waals surface area contributed by atoms with Crippen LogP contribution in [0, 0.1) is 0 Å². The second-order valence-electron chi connectivity index (χ2n) is 8.97. The summed E-state index contributed by atoms with van der Waals surface area (Å²) in [4.78, 5) is 45.1. The van der Waals surface area contributed by atoms with Crippen molar-refractivity contribution in [3.05, 3.63) is 87.1 Å². The number of rotatable bonds is 8. The van der Waals surface area contributed by atoms with Gasteiger partial charge in [0.25, 0.3) is 5.56 Å². The minimum Gasteiger partial charge on any atom is -0.383 e. The molecule has 8 heteroatoms. The maximum absolute atomic E-state index is 13.7. The van der Waals surface area contributed by atoms with E-state index >= 15 is 0 Å². The molecule has 1 saturated carbocycles. The largest absolute Gasteiger partial charge is 0.383 e. The number of para-hydroxylation sites is 1. The van der Waals surface area contributed by atoms with Crippen LogP contribution < -0.4 is 26.8 Å². The summed E-state index contributed by atoms with van der Waals surface area (Å²) >= 11 is 0. The molecule has 8 nitrogen and oxygen atoms in total. The summed E-state index contributed by atoms with van der Waals surface area (Å²) in [6.07, 6.45) is 5.28. The number of nitrogens with zero attached hydrogens (tertiary/aromatic N) is 3. The first kappa shape index (κ1) is 24.3. The van der Waals surface area contributed by atoms with Crippen molar-refractivity contribution in [2.24, 2.45) is 0 Å². The van der Waals surface area contributed by atoms with Crippen LogP contribution in [0.5, 0.6) is 0 Å². The zero-order valence-electron chi connectivity index (χ0n) is 20.2. The van der Waals surface area contributed by atoms with E-state index < -0.39 is 11.2 Å². The molecular formula is C27H33N5O3. The van der Waals surface area contributed by atoms with Crippen molar-refractivity contribution in [3.8, 4) is 0 Å². The summed E-state index contributed by atoms with van der Waals surface area (Å²) in [6, 6.07) is 19.2. The Labute approximate surface area is 205 Å². The molecule has 1 aliphatic carbocycles. The summed E-state index contributed by atoms with van der Waals surface area (Å²) < 4.78 is 1.34. The van der Waals surface area contributed by atoms with Gasteiger partial charge in [-0.1, -0.05) is 67.8 Å². The number of nitrogens with one attached hydrogen (secondary N) is 1. The van der Waals surface area contributed by atoms with Crippen molar-refractivity contribution < 1.29 is 4.79 Å². The van der Waals surface area contributed by atoms with Crippen LogP contribution in [-0.4, -0.2) is 34.6 Å². The summed E-state index contributed by atoms with van der Waals surface area (Å²) in [5.74, 6) is -0.0364. The predicted octanol–water partition coefficient (Wildman–Crippen LogP) is 3.36. The van der Waals surface area contributed by atoms with Crippen molar-refractivity contribution in [1.82, 2.24) is 9.55 Å². The van der Waals surface area contributed by atoms with Crippen molar-refractivity contribution in [1.29, 1.82) is 0 Å². The average molecular weight is 476 g/mol. The summed E-state index contributed by atoms with van der Waals surface area (Å²) in [7, 11) is 0. The SMILES string of the molecule is CCN(CC(=O)N(c1ccccc1)C1CCCCC1)c1c(N)n(Cc2ccccc2)c(=O)[nH]c1=O. The third-order valence-electron chi connectivity index (χ3n) is 6.66. The molecule has 3 N–H and O–H groups in total. The number of aromatic amines is 1. The quantitative estimate of drug-likeness (QED) is 0.520. The Bertz CT molecular complexity index is 1250. The van der Waals surface area contributed by atoms with Gasteiger partial charge in [0.05, 0.1) is 13.1 Å². The molecule has 0 unspecified atom stereocenters. The first-order chi connectivity index (χ1) is 17.0. The smallest absolute Gasteiger partial charge is 0.330 e. The van der Waals surface area contributed by atoms with Crippen LogP contribution in [0.4, 0.5) is 17.2 Å². The van der Waals surface area contributed by atoms with Crippen LogP contribution in [-0.2, 0) is 11.3 Å². The number of carbonyl (C=O) groups excluding carboxylic acids is 1. The fraction of sp³-hybridized carbons (Fsp3) is 0.370. The maximum atomic E-state index is 13.7. The molecule has 0 saturated heterocycles. The summed E-state index contributed by atoms with van der Waals surface area (Å²) in [6.45, 7) is 2.46. The molecule has 0 bridgehead atoms. The summed E-state index contributed by atoms with van der Waals surface area (Å²) in [5, 5.41) is 0. The van der Waals surface area contributed by atoms with E-state index in [4.69, 9.17) is 5.73 Å². The van der Waals surface area contributed by atoms with E-state index in [1.54, 1.807) is 4.90 Å². The third kappa shape index (κ3) is 5.48. The highest BCUT2D eigenvalue weighted by Gasteiger charge is 2.29.